The normalized spacial score (nSPS) is 22.7. The van der Waals surface area contributed by atoms with Crippen molar-refractivity contribution >= 4 is 16.4 Å². The van der Waals surface area contributed by atoms with Crippen LogP contribution in [0.15, 0.2) is 0 Å². The summed E-state index contributed by atoms with van der Waals surface area (Å²) in [5.74, 6) is 4.35. The largest absolute Gasteiger partial charge is 0.414 e. The van der Waals surface area contributed by atoms with Crippen LogP contribution in [0.4, 0.5) is 0 Å². The van der Waals surface area contributed by atoms with Gasteiger partial charge in [-0.25, -0.2) is 0 Å². The Morgan fingerprint density at radius 3 is 1.81 bits per heavy atom. The zero-order chi connectivity index (χ0) is 20.3. The second-order valence-electron chi connectivity index (χ2n) is 11.0. The van der Waals surface area contributed by atoms with E-state index >= 15 is 0 Å². The van der Waals surface area contributed by atoms with Crippen molar-refractivity contribution in [3.63, 3.8) is 0 Å². The van der Waals surface area contributed by atoms with Crippen LogP contribution in [0.3, 0.4) is 0 Å². The van der Waals surface area contributed by atoms with Gasteiger partial charge in [0.15, 0.2) is 8.32 Å². The van der Waals surface area contributed by atoms with Gasteiger partial charge in [0, 0.05) is 12.0 Å². The molecule has 0 heterocycles. The first-order chi connectivity index (χ1) is 11.7. The minimum atomic E-state index is -1.67. The third kappa shape index (κ3) is 5.49. The molecule has 26 heavy (non-hydrogen) atoms. The summed E-state index contributed by atoms with van der Waals surface area (Å²) in [6.07, 6.45) is 5.35. The molecule has 1 fully saturated rings. The highest BCUT2D eigenvalue weighted by molar-refractivity contribution is 6.90. The lowest BCUT2D eigenvalue weighted by Gasteiger charge is -2.41. The van der Waals surface area contributed by atoms with E-state index in [0.717, 1.165) is 23.0 Å². The lowest BCUT2D eigenvalue weighted by molar-refractivity contribution is 0.123. The number of hydrogen-bond donors (Lipinski definition) is 0. The molecule has 1 aliphatic carbocycles. The Morgan fingerprint density at radius 1 is 0.885 bits per heavy atom. The molecule has 0 amide bonds. The molecule has 152 valence electrons. The smallest absolute Gasteiger partial charge is 0.192 e. The fourth-order valence-electron chi connectivity index (χ4n) is 4.64. The van der Waals surface area contributed by atoms with E-state index < -0.39 is 16.4 Å². The van der Waals surface area contributed by atoms with Crippen molar-refractivity contribution in [3.05, 3.63) is 0 Å². The Morgan fingerprint density at radius 2 is 1.38 bits per heavy atom. The molecule has 1 rings (SSSR count). The van der Waals surface area contributed by atoms with Crippen molar-refractivity contribution in [1.82, 2.24) is 0 Å². The van der Waals surface area contributed by atoms with Crippen molar-refractivity contribution in [1.29, 1.82) is 0 Å². The summed E-state index contributed by atoms with van der Waals surface area (Å²) in [6.45, 7) is 26.2. The van der Waals surface area contributed by atoms with Crippen LogP contribution in [0.1, 0.15) is 88.0 Å². The zero-order valence-corrected chi connectivity index (χ0v) is 21.6. The molecule has 0 aromatic rings. The molecule has 0 aliphatic heterocycles. The SMILES string of the molecule is CC(C)[Si](C#C[C@H]1CCC[C@@H](O[Si](C)(C)C(C)(C)C)C1)(C(C)C)C(C)C. The first-order valence-electron chi connectivity index (χ1n) is 10.9. The fourth-order valence-corrected chi connectivity index (χ4v) is 11.4. The molecule has 0 saturated heterocycles. The minimum Gasteiger partial charge on any atom is -0.414 e. The molecule has 0 N–H and O–H groups in total. The van der Waals surface area contributed by atoms with Crippen LogP contribution in [-0.4, -0.2) is 22.5 Å². The van der Waals surface area contributed by atoms with Crippen LogP contribution in [0.5, 0.6) is 0 Å². The summed E-state index contributed by atoms with van der Waals surface area (Å²) >= 11 is 0. The van der Waals surface area contributed by atoms with E-state index in [2.05, 4.69) is 86.9 Å². The van der Waals surface area contributed by atoms with Crippen molar-refractivity contribution in [2.24, 2.45) is 5.92 Å². The average Bonchev–Trinajstić information content (AvgIpc) is 2.45. The maximum atomic E-state index is 6.73. The van der Waals surface area contributed by atoms with E-state index in [1.165, 1.54) is 19.3 Å². The highest BCUT2D eigenvalue weighted by atomic mass is 28.4. The lowest BCUT2D eigenvalue weighted by atomic mass is 9.88. The van der Waals surface area contributed by atoms with Gasteiger partial charge in [0.25, 0.3) is 0 Å². The van der Waals surface area contributed by atoms with Gasteiger partial charge in [0.1, 0.15) is 8.07 Å². The third-order valence-electron chi connectivity index (χ3n) is 7.25. The Kier molecular flexibility index (Phi) is 8.28. The molecule has 1 aliphatic rings. The van der Waals surface area contributed by atoms with Gasteiger partial charge in [0.05, 0.1) is 0 Å². The first-order valence-corrected chi connectivity index (χ1v) is 16.1. The second kappa shape index (κ2) is 8.97. The van der Waals surface area contributed by atoms with E-state index in [1.54, 1.807) is 0 Å². The maximum absolute atomic E-state index is 6.73. The second-order valence-corrected chi connectivity index (χ2v) is 21.4. The van der Waals surface area contributed by atoms with E-state index in [-0.39, 0.29) is 0 Å². The molecule has 1 saturated carbocycles. The van der Waals surface area contributed by atoms with Crippen LogP contribution in [0, 0.1) is 17.4 Å². The van der Waals surface area contributed by atoms with Gasteiger partial charge in [-0.1, -0.05) is 62.3 Å². The van der Waals surface area contributed by atoms with Crippen LogP contribution in [0.2, 0.25) is 34.8 Å². The van der Waals surface area contributed by atoms with Gasteiger partial charge in [-0.2, -0.15) is 0 Å². The first kappa shape index (κ1) is 24.0. The van der Waals surface area contributed by atoms with Gasteiger partial charge >= 0.3 is 0 Å². The van der Waals surface area contributed by atoms with E-state index in [1.807, 2.05) is 0 Å². The summed E-state index contributed by atoms with van der Waals surface area (Å²) in [5, 5.41) is 0.292. The zero-order valence-electron chi connectivity index (χ0n) is 19.6. The molecule has 0 radical (unpaired) electrons. The molecular formula is C23H46OSi2. The van der Waals surface area contributed by atoms with Gasteiger partial charge < -0.3 is 4.43 Å². The Balaban J connectivity index is 2.94. The Bertz CT molecular complexity index is 481. The van der Waals surface area contributed by atoms with Crippen LogP contribution in [-0.2, 0) is 4.43 Å². The summed E-state index contributed by atoms with van der Waals surface area (Å²) in [7, 11) is -3.28. The van der Waals surface area contributed by atoms with E-state index in [4.69, 9.17) is 4.43 Å². The third-order valence-corrected chi connectivity index (χ3v) is 18.1. The van der Waals surface area contributed by atoms with E-state index in [0.29, 0.717) is 17.1 Å². The molecule has 1 nitrogen and oxygen atoms in total. The molecule has 0 spiro atoms. The summed E-state index contributed by atoms with van der Waals surface area (Å²) in [6, 6.07) is 0. The molecule has 0 unspecified atom stereocenters. The highest BCUT2D eigenvalue weighted by Gasteiger charge is 2.42. The number of hydrogen-bond acceptors (Lipinski definition) is 1. The molecule has 0 aromatic carbocycles. The van der Waals surface area contributed by atoms with E-state index in [9.17, 15) is 0 Å². The van der Waals surface area contributed by atoms with Crippen LogP contribution in [0.25, 0.3) is 0 Å². The predicted molar refractivity (Wildman–Crippen MR) is 123 cm³/mol. The monoisotopic (exact) mass is 394 g/mol. The standard InChI is InChI=1S/C23H46OSi2/c1-18(2)26(19(3)4,20(5)6)16-15-21-13-12-14-22(17-21)24-25(10,11)23(7,8)9/h18-22H,12-14,17H2,1-11H3/t21-,22-/m1/s1. The van der Waals surface area contributed by atoms with Gasteiger partial charge in [-0.15, -0.1) is 11.5 Å². The molecule has 2 atom stereocenters. The van der Waals surface area contributed by atoms with Crippen LogP contribution < -0.4 is 0 Å². The molecule has 0 aromatic heterocycles. The molecular weight excluding hydrogens is 348 g/mol. The fraction of sp³-hybridized carbons (Fsp3) is 0.913. The number of rotatable bonds is 5. The Hall–Kier alpha value is -0.0462. The van der Waals surface area contributed by atoms with Crippen molar-refractivity contribution in [2.45, 2.75) is 129 Å². The van der Waals surface area contributed by atoms with Gasteiger partial charge in [-0.3, -0.25) is 0 Å². The topological polar surface area (TPSA) is 9.23 Å². The van der Waals surface area contributed by atoms with Crippen molar-refractivity contribution < 1.29 is 4.43 Å². The predicted octanol–water partition coefficient (Wildman–Crippen LogP) is 7.79. The lowest BCUT2D eigenvalue weighted by Crippen LogP contribution is -2.45. The highest BCUT2D eigenvalue weighted by Crippen LogP contribution is 2.42. The molecule has 0 bridgehead atoms. The molecule has 3 heteroatoms. The minimum absolute atomic E-state index is 0.292. The van der Waals surface area contributed by atoms with Crippen LogP contribution >= 0.6 is 0 Å². The average molecular weight is 395 g/mol. The van der Waals surface area contributed by atoms with Gasteiger partial charge in [-0.05, 0) is 60.4 Å². The summed E-state index contributed by atoms with van der Waals surface area (Å²) < 4.78 is 6.73. The summed E-state index contributed by atoms with van der Waals surface area (Å²) in [5.41, 5.74) is 6.12. The Labute approximate surface area is 167 Å². The summed E-state index contributed by atoms with van der Waals surface area (Å²) in [4.78, 5) is 0. The van der Waals surface area contributed by atoms with Crippen molar-refractivity contribution in [2.75, 3.05) is 0 Å². The van der Waals surface area contributed by atoms with Crippen molar-refractivity contribution in [3.8, 4) is 11.5 Å². The quantitative estimate of drug-likeness (QED) is 0.341. The van der Waals surface area contributed by atoms with Gasteiger partial charge in [0.2, 0.25) is 0 Å². The maximum Gasteiger partial charge on any atom is 0.192 e.